The molecule has 1 aliphatic heterocycles. The third-order valence-corrected chi connectivity index (χ3v) is 6.28. The summed E-state index contributed by atoms with van der Waals surface area (Å²) < 4.78 is 0. The molecule has 1 aromatic heterocycles. The minimum Gasteiger partial charge on any atom is -0.300 e. The first-order chi connectivity index (χ1) is 12.2. The molecule has 4 rings (SSSR count). The van der Waals surface area contributed by atoms with Gasteiger partial charge in [0.05, 0.1) is 5.69 Å². The van der Waals surface area contributed by atoms with Gasteiger partial charge in [0.2, 0.25) is 0 Å². The summed E-state index contributed by atoms with van der Waals surface area (Å²) in [6, 6.07) is 11.0. The Kier molecular flexibility index (Phi) is 5.10. The van der Waals surface area contributed by atoms with Gasteiger partial charge in [-0.05, 0) is 74.4 Å². The summed E-state index contributed by atoms with van der Waals surface area (Å²) in [5.74, 6) is 0.640. The molecule has 2 fully saturated rings. The highest BCUT2D eigenvalue weighted by Gasteiger charge is 2.29. The van der Waals surface area contributed by atoms with Gasteiger partial charge in [-0.3, -0.25) is 9.88 Å². The summed E-state index contributed by atoms with van der Waals surface area (Å²) in [6.45, 7) is 4.74. The summed E-state index contributed by atoms with van der Waals surface area (Å²) in [4.78, 5) is 7.53. The molecule has 1 unspecified atom stereocenters. The van der Waals surface area contributed by atoms with Crippen LogP contribution in [0.1, 0.15) is 55.6 Å². The van der Waals surface area contributed by atoms with E-state index in [2.05, 4.69) is 24.1 Å². The number of benzene rings is 1. The van der Waals surface area contributed by atoms with E-state index in [9.17, 15) is 0 Å². The number of hydrogen-bond acceptors (Lipinski definition) is 2. The Hall–Kier alpha value is -1.38. The number of aromatic nitrogens is 1. The molecular weight excluding hydrogens is 328 g/mol. The first kappa shape index (κ1) is 17.1. The molecule has 0 bridgehead atoms. The van der Waals surface area contributed by atoms with E-state index in [0.717, 1.165) is 22.3 Å². The van der Waals surface area contributed by atoms with Gasteiger partial charge < -0.3 is 0 Å². The van der Waals surface area contributed by atoms with Crippen molar-refractivity contribution in [3.05, 3.63) is 52.7 Å². The topological polar surface area (TPSA) is 16.1 Å². The van der Waals surface area contributed by atoms with Crippen LogP contribution in [0.25, 0.3) is 11.3 Å². The van der Waals surface area contributed by atoms with Gasteiger partial charge in [0.25, 0.3) is 0 Å². The SMILES string of the molecule is Cc1cc(-c2ccc(Cl)cc2)ncc1C1CCCN(C2CCCC2)C1. The first-order valence-corrected chi connectivity index (χ1v) is 10.0. The lowest BCUT2D eigenvalue weighted by Gasteiger charge is -2.37. The van der Waals surface area contributed by atoms with E-state index in [1.807, 2.05) is 24.3 Å². The van der Waals surface area contributed by atoms with Crippen LogP contribution in [0.15, 0.2) is 36.5 Å². The van der Waals surface area contributed by atoms with Gasteiger partial charge in [-0.1, -0.05) is 36.6 Å². The maximum Gasteiger partial charge on any atom is 0.0704 e. The Morgan fingerprint density at radius 1 is 1.04 bits per heavy atom. The van der Waals surface area contributed by atoms with Crippen molar-refractivity contribution in [2.45, 2.75) is 57.4 Å². The van der Waals surface area contributed by atoms with Crippen molar-refractivity contribution in [3.8, 4) is 11.3 Å². The largest absolute Gasteiger partial charge is 0.300 e. The van der Waals surface area contributed by atoms with Crippen molar-refractivity contribution >= 4 is 11.6 Å². The van der Waals surface area contributed by atoms with Crippen molar-refractivity contribution in [1.82, 2.24) is 9.88 Å². The second-order valence-electron chi connectivity index (χ2n) is 7.71. The monoisotopic (exact) mass is 354 g/mol. The van der Waals surface area contributed by atoms with E-state index in [4.69, 9.17) is 16.6 Å². The number of pyridine rings is 1. The molecule has 1 saturated carbocycles. The molecule has 132 valence electrons. The normalized spacial score (nSPS) is 22.4. The standard InChI is InChI=1S/C22H27ClN2/c1-16-13-22(17-8-10-19(23)11-9-17)24-14-21(16)18-5-4-12-25(15-18)20-6-2-3-7-20/h8-11,13-14,18,20H,2-7,12,15H2,1H3. The van der Waals surface area contributed by atoms with Crippen LogP contribution in [0.3, 0.4) is 0 Å². The average molecular weight is 355 g/mol. The fraction of sp³-hybridized carbons (Fsp3) is 0.500. The lowest BCUT2D eigenvalue weighted by Crippen LogP contribution is -2.40. The first-order valence-electron chi connectivity index (χ1n) is 9.67. The maximum absolute atomic E-state index is 6.00. The van der Waals surface area contributed by atoms with Crippen LogP contribution in [-0.2, 0) is 0 Å². The van der Waals surface area contributed by atoms with Gasteiger partial charge in [-0.2, -0.15) is 0 Å². The van der Waals surface area contributed by atoms with E-state index in [1.165, 1.54) is 62.7 Å². The van der Waals surface area contributed by atoms with Gasteiger partial charge in [-0.15, -0.1) is 0 Å². The number of aryl methyl sites for hydroxylation is 1. The zero-order valence-corrected chi connectivity index (χ0v) is 15.8. The van der Waals surface area contributed by atoms with Crippen LogP contribution in [0.4, 0.5) is 0 Å². The highest BCUT2D eigenvalue weighted by Crippen LogP contribution is 2.34. The van der Waals surface area contributed by atoms with Gasteiger partial charge in [0.15, 0.2) is 0 Å². The van der Waals surface area contributed by atoms with Gasteiger partial charge in [0.1, 0.15) is 0 Å². The smallest absolute Gasteiger partial charge is 0.0704 e. The molecule has 1 saturated heterocycles. The summed E-state index contributed by atoms with van der Waals surface area (Å²) in [5, 5.41) is 0.770. The summed E-state index contributed by atoms with van der Waals surface area (Å²) >= 11 is 6.00. The highest BCUT2D eigenvalue weighted by atomic mass is 35.5. The molecule has 0 N–H and O–H groups in total. The fourth-order valence-corrected chi connectivity index (χ4v) is 4.76. The van der Waals surface area contributed by atoms with Crippen LogP contribution in [-0.4, -0.2) is 29.0 Å². The molecule has 0 spiro atoms. The minimum absolute atomic E-state index is 0.640. The van der Waals surface area contributed by atoms with E-state index >= 15 is 0 Å². The van der Waals surface area contributed by atoms with Gasteiger partial charge in [0, 0.05) is 29.4 Å². The van der Waals surface area contributed by atoms with E-state index in [-0.39, 0.29) is 0 Å². The second kappa shape index (κ2) is 7.47. The fourth-order valence-electron chi connectivity index (χ4n) is 4.63. The number of nitrogens with zero attached hydrogens (tertiary/aromatic N) is 2. The van der Waals surface area contributed by atoms with Crippen LogP contribution < -0.4 is 0 Å². The molecule has 1 aliphatic carbocycles. The van der Waals surface area contributed by atoms with Crippen LogP contribution in [0.2, 0.25) is 5.02 Å². The molecule has 2 aliphatic rings. The zero-order chi connectivity index (χ0) is 17.2. The van der Waals surface area contributed by atoms with Crippen molar-refractivity contribution in [1.29, 1.82) is 0 Å². The van der Waals surface area contributed by atoms with Crippen LogP contribution in [0, 0.1) is 6.92 Å². The Labute approximate surface area is 156 Å². The number of piperidine rings is 1. The molecule has 1 atom stereocenters. The molecule has 2 aromatic rings. The van der Waals surface area contributed by atoms with Gasteiger partial charge in [-0.25, -0.2) is 0 Å². The number of hydrogen-bond donors (Lipinski definition) is 0. The van der Waals surface area contributed by atoms with Crippen LogP contribution in [0.5, 0.6) is 0 Å². The average Bonchev–Trinajstić information content (AvgIpc) is 3.17. The van der Waals surface area contributed by atoms with Crippen molar-refractivity contribution in [3.63, 3.8) is 0 Å². The van der Waals surface area contributed by atoms with E-state index in [1.54, 1.807) is 0 Å². The van der Waals surface area contributed by atoms with E-state index in [0.29, 0.717) is 5.92 Å². The van der Waals surface area contributed by atoms with Crippen LogP contribution >= 0.6 is 11.6 Å². The summed E-state index contributed by atoms with van der Waals surface area (Å²) in [5.41, 5.74) is 5.00. The zero-order valence-electron chi connectivity index (χ0n) is 15.0. The minimum atomic E-state index is 0.640. The quantitative estimate of drug-likeness (QED) is 0.689. The maximum atomic E-state index is 6.00. The molecular formula is C22H27ClN2. The summed E-state index contributed by atoms with van der Waals surface area (Å²) in [6.07, 6.45) is 10.4. The van der Waals surface area contributed by atoms with Crippen molar-refractivity contribution in [2.75, 3.05) is 13.1 Å². The highest BCUT2D eigenvalue weighted by molar-refractivity contribution is 6.30. The second-order valence-corrected chi connectivity index (χ2v) is 8.14. The molecule has 3 heteroatoms. The predicted octanol–water partition coefficient (Wildman–Crippen LogP) is 5.83. The number of halogens is 1. The number of rotatable bonds is 3. The Morgan fingerprint density at radius 3 is 2.52 bits per heavy atom. The number of likely N-dealkylation sites (tertiary alicyclic amines) is 1. The molecule has 0 amide bonds. The third-order valence-electron chi connectivity index (χ3n) is 6.03. The predicted molar refractivity (Wildman–Crippen MR) is 105 cm³/mol. The van der Waals surface area contributed by atoms with Gasteiger partial charge >= 0.3 is 0 Å². The third kappa shape index (κ3) is 3.75. The summed E-state index contributed by atoms with van der Waals surface area (Å²) in [7, 11) is 0. The molecule has 2 nitrogen and oxygen atoms in total. The van der Waals surface area contributed by atoms with E-state index < -0.39 is 0 Å². The molecule has 0 radical (unpaired) electrons. The molecule has 1 aromatic carbocycles. The molecule has 2 heterocycles. The van der Waals surface area contributed by atoms with Crippen molar-refractivity contribution in [2.24, 2.45) is 0 Å². The Morgan fingerprint density at radius 2 is 1.80 bits per heavy atom. The molecule has 25 heavy (non-hydrogen) atoms. The Balaban J connectivity index is 1.53. The Bertz CT molecular complexity index is 719. The lowest BCUT2D eigenvalue weighted by molar-refractivity contribution is 0.150. The lowest BCUT2D eigenvalue weighted by atomic mass is 9.88. The van der Waals surface area contributed by atoms with Crippen molar-refractivity contribution < 1.29 is 0 Å².